The Hall–Kier alpha value is 0.790. The standard InChI is InChI=1S/C18H30N2.3CH3.Hf/c1-2-5-13(6-3-1)16-11-10-15-9-8-14-7-4-12-19-17(14)18(15)20-16;;;;/h13-18H,1-12H2;3*1H3;/q-2;3*-1;. The minimum Gasteiger partial charge on any atom is -0.660 e. The molecule has 3 heteroatoms. The summed E-state index contributed by atoms with van der Waals surface area (Å²) < 4.78 is 0. The largest absolute Gasteiger partial charge is 0.660 e. The van der Waals surface area contributed by atoms with Crippen molar-refractivity contribution in [1.82, 2.24) is 0 Å². The summed E-state index contributed by atoms with van der Waals surface area (Å²) in [6, 6.07) is 1.94. The Bertz CT molecular complexity index is 330. The fourth-order valence-corrected chi connectivity index (χ4v) is 5.58. The summed E-state index contributed by atoms with van der Waals surface area (Å²) >= 11 is 0. The van der Waals surface area contributed by atoms with E-state index in [1.165, 1.54) is 70.6 Å². The van der Waals surface area contributed by atoms with E-state index in [4.69, 9.17) is 10.6 Å². The number of hydrogen-bond acceptors (Lipinski definition) is 0. The summed E-state index contributed by atoms with van der Waals surface area (Å²) in [6.45, 7) is 1.12. The molecule has 0 aromatic heterocycles. The van der Waals surface area contributed by atoms with Crippen molar-refractivity contribution in [3.8, 4) is 0 Å². The second-order valence-corrected chi connectivity index (χ2v) is 7.82. The Morgan fingerprint density at radius 3 is 1.83 bits per heavy atom. The van der Waals surface area contributed by atoms with Gasteiger partial charge in [-0.1, -0.05) is 88.4 Å². The number of rotatable bonds is 1. The Balaban J connectivity index is 0.00000132. The Morgan fingerprint density at radius 2 is 1.12 bits per heavy atom. The van der Waals surface area contributed by atoms with Crippen LogP contribution < -0.4 is 0 Å². The van der Waals surface area contributed by atoms with Crippen LogP contribution in [0, 0.1) is 40.0 Å². The zero-order valence-electron chi connectivity index (χ0n) is 16.3. The summed E-state index contributed by atoms with van der Waals surface area (Å²) in [4.78, 5) is 0. The maximum Gasteiger partial charge on any atom is 0 e. The summed E-state index contributed by atoms with van der Waals surface area (Å²) in [7, 11) is 0. The van der Waals surface area contributed by atoms with Gasteiger partial charge in [0.15, 0.2) is 0 Å². The van der Waals surface area contributed by atoms with Crippen molar-refractivity contribution in [2.45, 2.75) is 88.8 Å². The van der Waals surface area contributed by atoms with Gasteiger partial charge in [0, 0.05) is 25.8 Å². The van der Waals surface area contributed by atoms with Crippen LogP contribution in [-0.4, -0.2) is 24.7 Å². The van der Waals surface area contributed by atoms with Crippen molar-refractivity contribution >= 4 is 0 Å². The average molecular weight is 498 g/mol. The molecule has 5 atom stereocenters. The summed E-state index contributed by atoms with van der Waals surface area (Å²) in [6.07, 6.45) is 15.8. The van der Waals surface area contributed by atoms with Gasteiger partial charge in [-0.2, -0.15) is 0 Å². The predicted molar refractivity (Wildman–Crippen MR) is 103 cm³/mol. The van der Waals surface area contributed by atoms with E-state index in [0.29, 0.717) is 18.1 Å². The van der Waals surface area contributed by atoms with Gasteiger partial charge in [-0.3, -0.25) is 0 Å². The smallest absolute Gasteiger partial charge is 0 e. The van der Waals surface area contributed by atoms with Gasteiger partial charge in [-0.15, -0.1) is 24.7 Å². The molecule has 2 aliphatic heterocycles. The van der Waals surface area contributed by atoms with Gasteiger partial charge in [0.2, 0.25) is 0 Å². The molecule has 4 aliphatic rings. The molecule has 0 aromatic carbocycles. The van der Waals surface area contributed by atoms with E-state index >= 15 is 0 Å². The van der Waals surface area contributed by atoms with Crippen LogP contribution in [0.2, 0.25) is 0 Å². The molecule has 0 amide bonds. The van der Waals surface area contributed by atoms with E-state index in [2.05, 4.69) is 0 Å². The molecule has 2 saturated heterocycles. The SMILES string of the molecule is C1CCC(C2CCC3CCC4CCC[N-]C4C3[N-]2)CC1.[CH3-].[CH3-].[CH3-].[Hf]. The minimum absolute atomic E-state index is 0. The van der Waals surface area contributed by atoms with Crippen molar-refractivity contribution in [3.05, 3.63) is 32.9 Å². The first-order valence-electron chi connectivity index (χ1n) is 9.28. The predicted octanol–water partition coefficient (Wildman–Crippen LogP) is 6.38. The zero-order chi connectivity index (χ0) is 13.4. The second-order valence-electron chi connectivity index (χ2n) is 7.82. The van der Waals surface area contributed by atoms with Gasteiger partial charge in [0.05, 0.1) is 0 Å². The molecule has 0 radical (unpaired) electrons. The maximum absolute atomic E-state index is 5.42. The summed E-state index contributed by atoms with van der Waals surface area (Å²) in [5, 5.41) is 10.4. The molecule has 142 valence electrons. The first-order chi connectivity index (χ1) is 9.92. The van der Waals surface area contributed by atoms with Crippen LogP contribution in [0.4, 0.5) is 0 Å². The van der Waals surface area contributed by atoms with Crippen molar-refractivity contribution in [2.24, 2.45) is 17.8 Å². The number of fused-ring (bicyclic) bond motifs is 3. The third kappa shape index (κ3) is 5.16. The molecule has 0 aromatic rings. The van der Waals surface area contributed by atoms with Crippen molar-refractivity contribution < 1.29 is 25.8 Å². The third-order valence-electron chi connectivity index (χ3n) is 6.69. The molecule has 2 nitrogen and oxygen atoms in total. The average Bonchev–Trinajstić information content (AvgIpc) is 2.55. The number of piperidine rings is 2. The third-order valence-corrected chi connectivity index (χ3v) is 6.69. The molecular weight excluding hydrogens is 459 g/mol. The van der Waals surface area contributed by atoms with E-state index in [0.717, 1.165) is 24.3 Å². The van der Waals surface area contributed by atoms with Crippen molar-refractivity contribution in [2.75, 3.05) is 6.54 Å². The van der Waals surface area contributed by atoms with E-state index in [-0.39, 0.29) is 48.1 Å². The van der Waals surface area contributed by atoms with E-state index < -0.39 is 0 Å². The first-order valence-corrected chi connectivity index (χ1v) is 9.28. The Labute approximate surface area is 171 Å². The van der Waals surface area contributed by atoms with Crippen molar-refractivity contribution in [1.29, 1.82) is 0 Å². The molecular formula is C21H39HfN2-5. The van der Waals surface area contributed by atoms with Gasteiger partial charge >= 0.3 is 0 Å². The Kier molecular flexibility index (Phi) is 11.9. The molecule has 2 heterocycles. The molecule has 5 unspecified atom stereocenters. The van der Waals surface area contributed by atoms with Crippen LogP contribution >= 0.6 is 0 Å². The summed E-state index contributed by atoms with van der Waals surface area (Å²) in [5.74, 6) is 2.70. The molecule has 2 saturated carbocycles. The molecule has 0 bridgehead atoms. The topological polar surface area (TPSA) is 28.2 Å². The molecule has 2 aliphatic carbocycles. The molecule has 24 heavy (non-hydrogen) atoms. The number of nitrogens with zero attached hydrogens (tertiary/aromatic N) is 2. The van der Waals surface area contributed by atoms with Gasteiger partial charge in [0.1, 0.15) is 0 Å². The quantitative estimate of drug-likeness (QED) is 0.297. The Morgan fingerprint density at radius 1 is 0.542 bits per heavy atom. The van der Waals surface area contributed by atoms with Crippen LogP contribution in [-0.2, 0) is 25.8 Å². The van der Waals surface area contributed by atoms with E-state index in [9.17, 15) is 0 Å². The van der Waals surface area contributed by atoms with E-state index in [1.807, 2.05) is 0 Å². The van der Waals surface area contributed by atoms with Crippen LogP contribution in [0.25, 0.3) is 10.6 Å². The molecule has 0 spiro atoms. The minimum atomic E-state index is 0. The zero-order valence-corrected chi connectivity index (χ0v) is 19.9. The van der Waals surface area contributed by atoms with Gasteiger partial charge in [-0.25, -0.2) is 0 Å². The fourth-order valence-electron chi connectivity index (χ4n) is 5.58. The second kappa shape index (κ2) is 11.5. The van der Waals surface area contributed by atoms with Gasteiger partial charge in [-0.05, 0) is 0 Å². The molecule has 4 fully saturated rings. The van der Waals surface area contributed by atoms with Crippen molar-refractivity contribution in [3.63, 3.8) is 0 Å². The number of hydrogen-bond donors (Lipinski definition) is 0. The van der Waals surface area contributed by atoms with Crippen LogP contribution in [0.5, 0.6) is 0 Å². The molecule has 4 rings (SSSR count). The van der Waals surface area contributed by atoms with Crippen LogP contribution in [0.15, 0.2) is 0 Å². The van der Waals surface area contributed by atoms with E-state index in [1.54, 1.807) is 0 Å². The summed E-state index contributed by atoms with van der Waals surface area (Å²) in [5.41, 5.74) is 0. The molecule has 0 N–H and O–H groups in total. The normalized spacial score (nSPS) is 38.8. The maximum atomic E-state index is 5.42. The van der Waals surface area contributed by atoms with Crippen LogP contribution in [0.3, 0.4) is 0 Å². The van der Waals surface area contributed by atoms with Crippen LogP contribution in [0.1, 0.15) is 70.6 Å². The fraction of sp³-hybridized carbons (Fsp3) is 0.857. The van der Waals surface area contributed by atoms with Gasteiger partial charge in [0.25, 0.3) is 0 Å². The van der Waals surface area contributed by atoms with Gasteiger partial charge < -0.3 is 32.9 Å². The first kappa shape index (κ1) is 24.8. The monoisotopic (exact) mass is 499 g/mol.